The third kappa shape index (κ3) is 2.59. The first-order valence-electron chi connectivity index (χ1n) is 9.40. The molecule has 0 saturated heterocycles. The Bertz CT molecular complexity index is 784. The van der Waals surface area contributed by atoms with Crippen molar-refractivity contribution < 1.29 is 10.2 Å². The molecule has 2 N–H and O–H groups in total. The van der Waals surface area contributed by atoms with Gasteiger partial charge in [-0.25, -0.2) is 0 Å². The molecule has 4 bridgehead atoms. The summed E-state index contributed by atoms with van der Waals surface area (Å²) in [7, 11) is 0. The second kappa shape index (κ2) is 5.77. The lowest BCUT2D eigenvalue weighted by Gasteiger charge is -2.54. The predicted octanol–water partition coefficient (Wildman–Crippen LogP) is 6.07. The van der Waals surface area contributed by atoms with Crippen LogP contribution in [-0.4, -0.2) is 10.2 Å². The molecule has 0 radical (unpaired) electrons. The minimum absolute atomic E-state index is 0.0178. The van der Waals surface area contributed by atoms with Crippen molar-refractivity contribution in [2.24, 2.45) is 23.7 Å². The van der Waals surface area contributed by atoms with Crippen LogP contribution in [0.1, 0.15) is 43.6 Å². The van der Waals surface area contributed by atoms with Gasteiger partial charge in [-0.15, -0.1) is 0 Å². The van der Waals surface area contributed by atoms with Gasteiger partial charge in [0.1, 0.15) is 0 Å². The number of aromatic hydroxyl groups is 2. The van der Waals surface area contributed by atoms with E-state index in [0.29, 0.717) is 17.8 Å². The minimum Gasteiger partial charge on any atom is -0.504 e. The Kier molecular flexibility index (Phi) is 3.63. The number of rotatable bonds is 2. The molecule has 0 aromatic heterocycles. The smallest absolute Gasteiger partial charge is 0.161 e. The monoisotopic (exact) mass is 398 g/mol. The second-order valence-corrected chi connectivity index (χ2v) is 9.31. The molecule has 0 unspecified atom stereocenters. The number of benzene rings is 2. The minimum atomic E-state index is 0.0178. The number of halogens is 1. The zero-order valence-electron chi connectivity index (χ0n) is 14.2. The van der Waals surface area contributed by atoms with Crippen molar-refractivity contribution >= 4 is 15.9 Å². The molecule has 130 valence electrons. The van der Waals surface area contributed by atoms with E-state index in [1.165, 1.54) is 32.1 Å². The first kappa shape index (κ1) is 15.7. The number of phenols is 2. The van der Waals surface area contributed by atoms with Gasteiger partial charge in [0, 0.05) is 10.0 Å². The van der Waals surface area contributed by atoms with Crippen LogP contribution in [0.5, 0.6) is 11.5 Å². The zero-order valence-corrected chi connectivity index (χ0v) is 15.7. The van der Waals surface area contributed by atoms with Gasteiger partial charge in [0.2, 0.25) is 0 Å². The summed E-state index contributed by atoms with van der Waals surface area (Å²) < 4.78 is 1.04. The van der Waals surface area contributed by atoms with Crippen LogP contribution < -0.4 is 0 Å². The Morgan fingerprint density at radius 3 is 1.96 bits per heavy atom. The molecule has 4 saturated carbocycles. The van der Waals surface area contributed by atoms with E-state index in [2.05, 4.69) is 34.1 Å². The maximum absolute atomic E-state index is 10.6. The van der Waals surface area contributed by atoms with E-state index < -0.39 is 0 Å². The van der Waals surface area contributed by atoms with Gasteiger partial charge in [-0.05, 0) is 97.1 Å². The molecule has 4 fully saturated rings. The first-order chi connectivity index (χ1) is 12.1. The van der Waals surface area contributed by atoms with Gasteiger partial charge < -0.3 is 10.2 Å². The van der Waals surface area contributed by atoms with Gasteiger partial charge in [-0.2, -0.15) is 0 Å². The predicted molar refractivity (Wildman–Crippen MR) is 103 cm³/mol. The van der Waals surface area contributed by atoms with Crippen LogP contribution in [0.4, 0.5) is 0 Å². The van der Waals surface area contributed by atoms with E-state index in [1.807, 2.05) is 12.1 Å². The van der Waals surface area contributed by atoms with Crippen LogP contribution in [0, 0.1) is 23.7 Å². The average Bonchev–Trinajstić information content (AvgIpc) is 2.58. The molecule has 2 aromatic rings. The summed E-state index contributed by atoms with van der Waals surface area (Å²) in [6.45, 7) is 0. The van der Waals surface area contributed by atoms with Crippen molar-refractivity contribution in [3.8, 4) is 22.6 Å². The summed E-state index contributed by atoms with van der Waals surface area (Å²) in [6.07, 6.45) is 6.65. The lowest BCUT2D eigenvalue weighted by molar-refractivity contribution is -0.00353. The molecular weight excluding hydrogens is 376 g/mol. The fourth-order valence-electron chi connectivity index (χ4n) is 6.14. The molecule has 3 heteroatoms. The molecule has 4 aliphatic carbocycles. The molecule has 0 spiro atoms. The molecule has 2 nitrogen and oxygen atoms in total. The van der Waals surface area contributed by atoms with Crippen LogP contribution in [0.15, 0.2) is 40.9 Å². The molecule has 0 aliphatic heterocycles. The van der Waals surface area contributed by atoms with Crippen LogP contribution in [-0.2, 0) is 0 Å². The van der Waals surface area contributed by atoms with Crippen molar-refractivity contribution in [3.63, 3.8) is 0 Å². The van der Waals surface area contributed by atoms with Crippen molar-refractivity contribution in [2.75, 3.05) is 0 Å². The normalized spacial score (nSPS) is 32.9. The largest absolute Gasteiger partial charge is 0.504 e. The molecule has 0 amide bonds. The number of hydrogen-bond acceptors (Lipinski definition) is 2. The molecule has 0 atom stereocenters. The Morgan fingerprint density at radius 2 is 1.36 bits per heavy atom. The second-order valence-electron chi connectivity index (χ2n) is 8.40. The molecule has 6 rings (SSSR count). The Labute approximate surface area is 157 Å². The standard InChI is InChI=1S/C22H23BrO2/c23-18-3-1-14(2-4-18)15-10-19(22(25)20(24)11-15)21-16-6-12-5-13(8-16)9-17(21)7-12/h1-4,10-13,16-17,21,24-25H,5-9H2. The van der Waals surface area contributed by atoms with Gasteiger partial charge >= 0.3 is 0 Å². The van der Waals surface area contributed by atoms with Crippen LogP contribution in [0.2, 0.25) is 0 Å². The van der Waals surface area contributed by atoms with Crippen LogP contribution >= 0.6 is 15.9 Å². The van der Waals surface area contributed by atoms with E-state index in [1.54, 1.807) is 6.07 Å². The topological polar surface area (TPSA) is 40.5 Å². The zero-order chi connectivity index (χ0) is 17.1. The van der Waals surface area contributed by atoms with Gasteiger partial charge in [-0.3, -0.25) is 0 Å². The van der Waals surface area contributed by atoms with E-state index >= 15 is 0 Å². The Morgan fingerprint density at radius 1 is 0.760 bits per heavy atom. The molecule has 25 heavy (non-hydrogen) atoms. The SMILES string of the molecule is Oc1cc(-c2ccc(Br)cc2)cc(C2C3CC4CC(C3)CC2C4)c1O. The quantitative estimate of drug-likeness (QED) is 0.602. The fraction of sp³-hybridized carbons (Fsp3) is 0.455. The summed E-state index contributed by atoms with van der Waals surface area (Å²) in [5.41, 5.74) is 3.04. The van der Waals surface area contributed by atoms with Gasteiger partial charge in [0.05, 0.1) is 0 Å². The lowest BCUT2D eigenvalue weighted by Crippen LogP contribution is -2.43. The summed E-state index contributed by atoms with van der Waals surface area (Å²) in [5, 5.41) is 21.0. The highest BCUT2D eigenvalue weighted by Crippen LogP contribution is 2.61. The van der Waals surface area contributed by atoms with E-state index in [9.17, 15) is 10.2 Å². The summed E-state index contributed by atoms with van der Waals surface area (Å²) in [5.74, 6) is 3.72. The van der Waals surface area contributed by atoms with E-state index in [4.69, 9.17) is 0 Å². The Balaban J connectivity index is 1.58. The number of phenolic OH excluding ortho intramolecular Hbond substituents is 2. The molecule has 0 heterocycles. The summed E-state index contributed by atoms with van der Waals surface area (Å²) in [6, 6.07) is 12.0. The highest BCUT2D eigenvalue weighted by Gasteiger charge is 2.49. The highest BCUT2D eigenvalue weighted by atomic mass is 79.9. The third-order valence-electron chi connectivity index (χ3n) is 6.88. The molecular formula is C22H23BrO2. The van der Waals surface area contributed by atoms with Gasteiger partial charge in [0.25, 0.3) is 0 Å². The van der Waals surface area contributed by atoms with Crippen molar-refractivity contribution in [2.45, 2.75) is 38.0 Å². The summed E-state index contributed by atoms with van der Waals surface area (Å²) >= 11 is 3.47. The molecule has 4 aliphatic rings. The third-order valence-corrected chi connectivity index (χ3v) is 7.41. The van der Waals surface area contributed by atoms with Gasteiger partial charge in [-0.1, -0.05) is 28.1 Å². The van der Waals surface area contributed by atoms with Crippen molar-refractivity contribution in [3.05, 3.63) is 46.4 Å². The first-order valence-corrected chi connectivity index (χ1v) is 10.2. The molecule has 2 aromatic carbocycles. The van der Waals surface area contributed by atoms with Gasteiger partial charge in [0.15, 0.2) is 11.5 Å². The Hall–Kier alpha value is -1.48. The average molecular weight is 399 g/mol. The van der Waals surface area contributed by atoms with Crippen molar-refractivity contribution in [1.29, 1.82) is 0 Å². The van der Waals surface area contributed by atoms with E-state index in [0.717, 1.165) is 33.0 Å². The summed E-state index contributed by atoms with van der Waals surface area (Å²) in [4.78, 5) is 0. The lowest BCUT2D eigenvalue weighted by atomic mass is 9.50. The van der Waals surface area contributed by atoms with Crippen molar-refractivity contribution in [1.82, 2.24) is 0 Å². The van der Waals surface area contributed by atoms with Crippen LogP contribution in [0.25, 0.3) is 11.1 Å². The number of hydrogen-bond donors (Lipinski definition) is 2. The maximum atomic E-state index is 10.6. The highest BCUT2D eigenvalue weighted by molar-refractivity contribution is 9.10. The van der Waals surface area contributed by atoms with E-state index in [-0.39, 0.29) is 11.5 Å². The van der Waals surface area contributed by atoms with Crippen LogP contribution in [0.3, 0.4) is 0 Å². The maximum Gasteiger partial charge on any atom is 0.161 e. The fourth-order valence-corrected chi connectivity index (χ4v) is 6.40.